The van der Waals surface area contributed by atoms with Gasteiger partial charge in [0.15, 0.2) is 12.1 Å². The zero-order valence-corrected chi connectivity index (χ0v) is 15.5. The number of aliphatic hydroxyl groups excluding tert-OH is 1. The molecule has 26 heavy (non-hydrogen) atoms. The van der Waals surface area contributed by atoms with E-state index in [1.54, 1.807) is 6.08 Å². The number of rotatable bonds is 2. The molecule has 0 aromatic rings. The number of Topliss-reactive ketones (excluding diaryl/α,β-unsaturated/α-hetero) is 1. The molecule has 7 atom stereocenters. The Morgan fingerprint density at radius 2 is 1.96 bits per heavy atom. The number of ketones is 2. The number of allylic oxidation sites excluding steroid dienone is 1. The second-order valence-corrected chi connectivity index (χ2v) is 9.46. The van der Waals surface area contributed by atoms with Gasteiger partial charge in [-0.2, -0.15) is 0 Å². The summed E-state index contributed by atoms with van der Waals surface area (Å²) >= 11 is 0. The van der Waals surface area contributed by atoms with Gasteiger partial charge in [-0.1, -0.05) is 19.4 Å². The lowest BCUT2D eigenvalue weighted by Crippen LogP contribution is -2.61. The third-order valence-electron chi connectivity index (χ3n) is 8.56. The molecule has 2 N–H and O–H groups in total. The highest BCUT2D eigenvalue weighted by Crippen LogP contribution is 2.67. The molecule has 0 unspecified atom stereocenters. The Balaban J connectivity index is 1.75. The molecule has 0 amide bonds. The highest BCUT2D eigenvalue weighted by molar-refractivity contribution is 6.29. The van der Waals surface area contributed by atoms with Crippen molar-refractivity contribution in [2.24, 2.45) is 28.6 Å². The fourth-order valence-corrected chi connectivity index (χ4v) is 7.19. The first-order valence-electron chi connectivity index (χ1n) is 9.81. The monoisotopic (exact) mass is 360 g/mol. The maximum absolute atomic E-state index is 12.2. The van der Waals surface area contributed by atoms with E-state index in [1.807, 2.05) is 6.92 Å². The van der Waals surface area contributed by atoms with E-state index in [2.05, 4.69) is 6.92 Å². The van der Waals surface area contributed by atoms with Crippen molar-refractivity contribution in [3.63, 3.8) is 0 Å². The van der Waals surface area contributed by atoms with Gasteiger partial charge in [0.05, 0.1) is 6.10 Å². The maximum Gasteiger partial charge on any atom is 0.227 e. The van der Waals surface area contributed by atoms with Crippen molar-refractivity contribution < 1.29 is 24.6 Å². The van der Waals surface area contributed by atoms with Crippen LogP contribution < -0.4 is 0 Å². The molecule has 4 aliphatic rings. The number of aldehydes is 1. The van der Waals surface area contributed by atoms with Crippen LogP contribution in [-0.2, 0) is 14.4 Å². The Labute approximate surface area is 153 Å². The number of carbonyl (C=O) groups is 3. The smallest absolute Gasteiger partial charge is 0.227 e. The molecule has 0 aromatic carbocycles. The normalized spacial score (nSPS) is 50.3. The van der Waals surface area contributed by atoms with Gasteiger partial charge in [0.2, 0.25) is 5.78 Å². The van der Waals surface area contributed by atoms with Crippen LogP contribution in [0.1, 0.15) is 58.8 Å². The van der Waals surface area contributed by atoms with Crippen LogP contribution in [0.3, 0.4) is 0 Å². The van der Waals surface area contributed by atoms with E-state index < -0.39 is 22.9 Å². The average Bonchev–Trinajstić information content (AvgIpc) is 2.86. The van der Waals surface area contributed by atoms with Crippen molar-refractivity contribution >= 4 is 17.9 Å². The molecule has 4 rings (SSSR count). The van der Waals surface area contributed by atoms with E-state index in [4.69, 9.17) is 0 Å². The lowest BCUT2D eigenvalue weighted by Gasteiger charge is -2.60. The van der Waals surface area contributed by atoms with Gasteiger partial charge in [0.25, 0.3) is 0 Å². The average molecular weight is 360 g/mol. The van der Waals surface area contributed by atoms with Crippen LogP contribution in [0.25, 0.3) is 0 Å². The Hall–Kier alpha value is -1.33. The number of carbonyl (C=O) groups excluding carboxylic acids is 3. The zero-order valence-electron chi connectivity index (χ0n) is 15.5. The summed E-state index contributed by atoms with van der Waals surface area (Å²) in [5.74, 6) is -0.215. The van der Waals surface area contributed by atoms with Crippen LogP contribution in [0, 0.1) is 28.6 Å². The van der Waals surface area contributed by atoms with Gasteiger partial charge in [0, 0.05) is 11.8 Å². The molecule has 0 heterocycles. The topological polar surface area (TPSA) is 91.7 Å². The standard InChI is InChI=1S/C21H28O5/c1-19-7-5-13(23)9-12(19)3-4-14-15-6-8-21(26,17(25)11-22)20(15,2)10-16(24)18(14)19/h9,11,14-16,18,24,26H,3-8,10H2,1-2H3/t14-,15+,16-,18-,19-,20-,21+/m0/s1. The minimum atomic E-state index is -1.66. The number of fused-ring (bicyclic) bond motifs is 5. The quantitative estimate of drug-likeness (QED) is 0.580. The molecular weight excluding hydrogens is 332 g/mol. The van der Waals surface area contributed by atoms with Gasteiger partial charge in [-0.25, -0.2) is 0 Å². The molecule has 142 valence electrons. The molecule has 0 radical (unpaired) electrons. The predicted molar refractivity (Wildman–Crippen MR) is 94.1 cm³/mol. The number of aliphatic hydroxyl groups is 2. The Kier molecular flexibility index (Phi) is 3.88. The van der Waals surface area contributed by atoms with Crippen LogP contribution in [0.15, 0.2) is 11.6 Å². The molecule has 5 heteroatoms. The largest absolute Gasteiger partial charge is 0.393 e. The Morgan fingerprint density at radius 1 is 1.23 bits per heavy atom. The SMILES string of the molecule is C[C@]12CCC(=O)C=C1CC[C@@H]1[C@H]2[C@@H](O)C[C@@]2(C)[C@@H]1CC[C@@]2(O)C(=O)C=O. The first kappa shape index (κ1) is 18.1. The van der Waals surface area contributed by atoms with Crippen molar-refractivity contribution in [3.05, 3.63) is 11.6 Å². The molecular formula is C21H28O5. The van der Waals surface area contributed by atoms with Crippen molar-refractivity contribution in [1.82, 2.24) is 0 Å². The molecule has 0 aliphatic heterocycles. The van der Waals surface area contributed by atoms with Crippen molar-refractivity contribution in [3.8, 4) is 0 Å². The summed E-state index contributed by atoms with van der Waals surface area (Å²) in [7, 11) is 0. The van der Waals surface area contributed by atoms with Crippen LogP contribution in [-0.4, -0.2) is 39.8 Å². The summed E-state index contributed by atoms with van der Waals surface area (Å²) in [4.78, 5) is 35.3. The predicted octanol–water partition coefficient (Wildman–Crippen LogP) is 1.99. The molecule has 0 aromatic heterocycles. The van der Waals surface area contributed by atoms with E-state index in [0.29, 0.717) is 25.7 Å². The number of hydrogen-bond donors (Lipinski definition) is 2. The fraction of sp³-hybridized carbons (Fsp3) is 0.762. The molecule has 0 saturated heterocycles. The summed E-state index contributed by atoms with van der Waals surface area (Å²) in [6.07, 6.45) is 5.68. The van der Waals surface area contributed by atoms with E-state index in [9.17, 15) is 24.6 Å². The van der Waals surface area contributed by atoms with Gasteiger partial charge in [0.1, 0.15) is 5.60 Å². The molecule has 0 spiro atoms. The summed E-state index contributed by atoms with van der Waals surface area (Å²) in [6.45, 7) is 4.05. The lowest BCUT2D eigenvalue weighted by molar-refractivity contribution is -0.180. The van der Waals surface area contributed by atoms with E-state index in [1.165, 1.54) is 0 Å². The first-order valence-corrected chi connectivity index (χ1v) is 9.81. The second-order valence-electron chi connectivity index (χ2n) is 9.46. The summed E-state index contributed by atoms with van der Waals surface area (Å²) in [5, 5.41) is 22.3. The zero-order chi connectivity index (χ0) is 18.9. The maximum atomic E-state index is 12.2. The third kappa shape index (κ3) is 2.07. The minimum Gasteiger partial charge on any atom is -0.393 e. The van der Waals surface area contributed by atoms with Gasteiger partial charge >= 0.3 is 0 Å². The minimum absolute atomic E-state index is 0.0439. The summed E-state index contributed by atoms with van der Waals surface area (Å²) < 4.78 is 0. The molecule has 0 bridgehead atoms. The summed E-state index contributed by atoms with van der Waals surface area (Å²) in [5.41, 5.74) is -1.46. The molecule has 3 saturated carbocycles. The van der Waals surface area contributed by atoms with Crippen LogP contribution in [0.2, 0.25) is 0 Å². The van der Waals surface area contributed by atoms with E-state index in [-0.39, 0.29) is 35.2 Å². The van der Waals surface area contributed by atoms with Crippen LogP contribution >= 0.6 is 0 Å². The van der Waals surface area contributed by atoms with Crippen molar-refractivity contribution in [2.75, 3.05) is 0 Å². The van der Waals surface area contributed by atoms with E-state index >= 15 is 0 Å². The Morgan fingerprint density at radius 3 is 2.65 bits per heavy atom. The van der Waals surface area contributed by atoms with Gasteiger partial charge in [-0.05, 0) is 67.8 Å². The Bertz CT molecular complexity index is 711. The third-order valence-corrected chi connectivity index (χ3v) is 8.56. The summed E-state index contributed by atoms with van der Waals surface area (Å²) in [6, 6.07) is 0. The van der Waals surface area contributed by atoms with Crippen LogP contribution in [0.5, 0.6) is 0 Å². The number of hydrogen-bond acceptors (Lipinski definition) is 5. The molecule has 3 fully saturated rings. The van der Waals surface area contributed by atoms with Crippen LogP contribution in [0.4, 0.5) is 0 Å². The van der Waals surface area contributed by atoms with Crippen molar-refractivity contribution in [2.45, 2.75) is 70.5 Å². The van der Waals surface area contributed by atoms with Crippen molar-refractivity contribution in [1.29, 1.82) is 0 Å². The first-order chi connectivity index (χ1) is 12.2. The molecule has 4 aliphatic carbocycles. The lowest BCUT2D eigenvalue weighted by atomic mass is 9.45. The second kappa shape index (κ2) is 5.59. The van der Waals surface area contributed by atoms with Gasteiger partial charge in [-0.15, -0.1) is 0 Å². The van der Waals surface area contributed by atoms with Gasteiger partial charge < -0.3 is 10.2 Å². The fourth-order valence-electron chi connectivity index (χ4n) is 7.19. The molecule has 5 nitrogen and oxygen atoms in total. The van der Waals surface area contributed by atoms with Gasteiger partial charge in [-0.3, -0.25) is 14.4 Å². The highest BCUT2D eigenvalue weighted by atomic mass is 16.3. The van der Waals surface area contributed by atoms with E-state index in [0.717, 1.165) is 24.8 Å². The highest BCUT2D eigenvalue weighted by Gasteiger charge is 2.68.